The van der Waals surface area contributed by atoms with Crippen LogP contribution in [0.5, 0.6) is 0 Å². The van der Waals surface area contributed by atoms with Gasteiger partial charge in [-0.1, -0.05) is 0 Å². The van der Waals surface area contributed by atoms with Crippen molar-refractivity contribution in [1.82, 2.24) is 0 Å². The van der Waals surface area contributed by atoms with Crippen molar-refractivity contribution in [1.29, 1.82) is 0 Å². The second-order valence-corrected chi connectivity index (χ2v) is 8.44. The second-order valence-electron chi connectivity index (χ2n) is 4.86. The van der Waals surface area contributed by atoms with Crippen molar-refractivity contribution in [3.63, 3.8) is 0 Å². The molecule has 0 saturated heterocycles. The van der Waals surface area contributed by atoms with Gasteiger partial charge >= 0.3 is 23.5 Å². The lowest BCUT2D eigenvalue weighted by Crippen LogP contribution is -2.65. The van der Waals surface area contributed by atoms with E-state index in [4.69, 9.17) is 34.1 Å². The minimum absolute atomic E-state index is 0.880. The molecule has 1 saturated carbocycles. The number of hydrogen-bond donors (Lipinski definition) is 8. The van der Waals surface area contributed by atoms with E-state index in [-0.39, 0.29) is 0 Å². The molecule has 15 nitrogen and oxygen atoms in total. The minimum atomic E-state index is -5.39. The van der Waals surface area contributed by atoms with Gasteiger partial charge in [0.1, 0.15) is 36.6 Å². The molecule has 0 unspecified atom stereocenters. The molecule has 150 valence electrons. The van der Waals surface area contributed by atoms with E-state index < -0.39 is 60.1 Å². The molecule has 0 aromatic heterocycles. The molecule has 1 aliphatic carbocycles. The van der Waals surface area contributed by atoms with E-state index in [1.165, 1.54) is 0 Å². The van der Waals surface area contributed by atoms with Crippen LogP contribution >= 0.6 is 23.5 Å². The summed E-state index contributed by atoms with van der Waals surface area (Å²) in [6, 6.07) is 0. The molecule has 0 aromatic rings. The van der Waals surface area contributed by atoms with Gasteiger partial charge in [-0.05, 0) is 0 Å². The SMILES string of the molecule is CO[C@H]1[C@@H](O)[C@@H](OP(=O)(O)O)[C@H](O)[C@@H](OP(=O)(O)O)[C@@H]1OP(=O)(O)O. The zero-order chi connectivity index (χ0) is 19.8. The first-order valence-electron chi connectivity index (χ1n) is 6.16. The van der Waals surface area contributed by atoms with Gasteiger partial charge in [0.25, 0.3) is 0 Å². The second kappa shape index (κ2) is 8.07. The van der Waals surface area contributed by atoms with Gasteiger partial charge in [0.2, 0.25) is 0 Å². The lowest BCUT2D eigenvalue weighted by atomic mass is 9.85. The Morgan fingerprint density at radius 2 is 0.920 bits per heavy atom. The van der Waals surface area contributed by atoms with Crippen LogP contribution in [-0.4, -0.2) is 83.3 Å². The Bertz CT molecular complexity index is 590. The Morgan fingerprint density at radius 1 is 0.600 bits per heavy atom. The molecule has 6 atom stereocenters. The maximum atomic E-state index is 11.0. The Balaban J connectivity index is 3.32. The molecular formula is C7H17O15P3. The summed E-state index contributed by atoms with van der Waals surface area (Å²) in [6.07, 6.45) is -13.0. The molecule has 18 heteroatoms. The maximum absolute atomic E-state index is 11.0. The third-order valence-corrected chi connectivity index (χ3v) is 4.60. The number of phosphoric acid groups is 3. The van der Waals surface area contributed by atoms with Crippen molar-refractivity contribution < 1.29 is 71.6 Å². The Morgan fingerprint density at radius 3 is 1.28 bits per heavy atom. The highest BCUT2D eigenvalue weighted by Crippen LogP contribution is 2.49. The summed E-state index contributed by atoms with van der Waals surface area (Å²) >= 11 is 0. The van der Waals surface area contributed by atoms with Crippen molar-refractivity contribution in [2.45, 2.75) is 36.6 Å². The third kappa shape index (κ3) is 7.03. The lowest BCUT2D eigenvalue weighted by molar-refractivity contribution is -0.219. The molecule has 1 aliphatic rings. The van der Waals surface area contributed by atoms with Crippen LogP contribution in [0.1, 0.15) is 0 Å². The fraction of sp³-hybridized carbons (Fsp3) is 1.00. The summed E-state index contributed by atoms with van der Waals surface area (Å²) in [5.74, 6) is 0. The Hall–Kier alpha value is 0.210. The molecule has 1 fully saturated rings. The first kappa shape index (κ1) is 23.2. The predicted octanol–water partition coefficient (Wildman–Crippen LogP) is -2.83. The van der Waals surface area contributed by atoms with Crippen LogP contribution in [0.4, 0.5) is 0 Å². The van der Waals surface area contributed by atoms with E-state index in [1.807, 2.05) is 0 Å². The van der Waals surface area contributed by atoms with E-state index >= 15 is 0 Å². The number of phosphoric ester groups is 3. The van der Waals surface area contributed by atoms with Crippen LogP contribution < -0.4 is 0 Å². The predicted molar refractivity (Wildman–Crippen MR) is 73.6 cm³/mol. The van der Waals surface area contributed by atoms with Gasteiger partial charge in [-0.2, -0.15) is 0 Å². The monoisotopic (exact) mass is 434 g/mol. The van der Waals surface area contributed by atoms with Crippen molar-refractivity contribution in [3.05, 3.63) is 0 Å². The smallest absolute Gasteiger partial charge is 0.387 e. The average molecular weight is 434 g/mol. The molecule has 25 heavy (non-hydrogen) atoms. The van der Waals surface area contributed by atoms with Crippen LogP contribution in [0.2, 0.25) is 0 Å². The quantitative estimate of drug-likeness (QED) is 0.188. The van der Waals surface area contributed by atoms with Gasteiger partial charge in [-0.3, -0.25) is 13.6 Å². The zero-order valence-corrected chi connectivity index (χ0v) is 14.9. The molecular weight excluding hydrogens is 417 g/mol. The van der Waals surface area contributed by atoms with Crippen molar-refractivity contribution >= 4 is 23.5 Å². The molecule has 0 bridgehead atoms. The van der Waals surface area contributed by atoms with Gasteiger partial charge in [0.05, 0.1) is 0 Å². The Labute approximate surface area is 139 Å². The first-order valence-corrected chi connectivity index (χ1v) is 10.8. The van der Waals surface area contributed by atoms with Gasteiger partial charge < -0.3 is 44.3 Å². The fourth-order valence-corrected chi connectivity index (χ4v) is 3.95. The summed E-state index contributed by atoms with van der Waals surface area (Å²) in [6.45, 7) is 0. The molecule has 0 aliphatic heterocycles. The minimum Gasteiger partial charge on any atom is -0.387 e. The van der Waals surface area contributed by atoms with Crippen LogP contribution in [0.3, 0.4) is 0 Å². The van der Waals surface area contributed by atoms with Gasteiger partial charge in [0.15, 0.2) is 0 Å². The van der Waals surface area contributed by atoms with Crippen LogP contribution in [0, 0.1) is 0 Å². The van der Waals surface area contributed by atoms with E-state index in [9.17, 15) is 23.9 Å². The number of hydrogen-bond acceptors (Lipinski definition) is 9. The molecule has 1 rings (SSSR count). The number of aliphatic hydroxyl groups excluding tert-OH is 2. The Kier molecular flexibility index (Phi) is 7.50. The maximum Gasteiger partial charge on any atom is 0.470 e. The van der Waals surface area contributed by atoms with Gasteiger partial charge in [0, 0.05) is 7.11 Å². The first-order chi connectivity index (χ1) is 11.1. The normalized spacial score (nSPS) is 34.9. The summed E-state index contributed by atoms with van der Waals surface area (Å²) in [4.78, 5) is 53.2. The van der Waals surface area contributed by atoms with E-state index in [2.05, 4.69) is 13.6 Å². The molecule has 0 amide bonds. The highest BCUT2D eigenvalue weighted by molar-refractivity contribution is 7.46. The largest absolute Gasteiger partial charge is 0.470 e. The lowest BCUT2D eigenvalue weighted by Gasteiger charge is -2.45. The topological polar surface area (TPSA) is 250 Å². The van der Waals surface area contributed by atoms with Crippen molar-refractivity contribution in [3.8, 4) is 0 Å². The number of ether oxygens (including phenoxy) is 1. The molecule has 8 N–H and O–H groups in total. The van der Waals surface area contributed by atoms with E-state index in [1.54, 1.807) is 0 Å². The molecule has 0 aromatic carbocycles. The van der Waals surface area contributed by atoms with Gasteiger partial charge in [-0.25, -0.2) is 13.7 Å². The van der Waals surface area contributed by atoms with E-state index in [0.29, 0.717) is 0 Å². The van der Waals surface area contributed by atoms with Crippen LogP contribution in [0.25, 0.3) is 0 Å². The number of rotatable bonds is 7. The standard InChI is InChI=1S/C7H17O15P3/c1-19-5-2(8)4(20-23(10,11)12)3(9)6(21-24(13,14)15)7(5)22-25(16,17)18/h2-9H,1H3,(H2,10,11,12)(H2,13,14,15)(H2,16,17,18)/t2-,3-,4+,5-,6+,7+/m0/s1. The highest BCUT2D eigenvalue weighted by Gasteiger charge is 2.57. The van der Waals surface area contributed by atoms with Crippen LogP contribution in [-0.2, 0) is 32.0 Å². The summed E-state index contributed by atoms with van der Waals surface area (Å²) < 4.78 is 50.4. The third-order valence-electron chi connectivity index (χ3n) is 3.04. The summed E-state index contributed by atoms with van der Waals surface area (Å²) in [7, 11) is -15.1. The van der Waals surface area contributed by atoms with Crippen molar-refractivity contribution in [2.75, 3.05) is 7.11 Å². The molecule has 0 spiro atoms. The highest BCUT2D eigenvalue weighted by atomic mass is 31.2. The number of methoxy groups -OCH3 is 1. The number of aliphatic hydroxyl groups is 2. The average Bonchev–Trinajstić information content (AvgIpc) is 2.36. The van der Waals surface area contributed by atoms with Crippen molar-refractivity contribution in [2.24, 2.45) is 0 Å². The summed E-state index contributed by atoms with van der Waals surface area (Å²) in [5.41, 5.74) is 0. The summed E-state index contributed by atoms with van der Waals surface area (Å²) in [5, 5.41) is 20.0. The van der Waals surface area contributed by atoms with Gasteiger partial charge in [-0.15, -0.1) is 0 Å². The molecule has 0 heterocycles. The van der Waals surface area contributed by atoms with Crippen LogP contribution in [0.15, 0.2) is 0 Å². The fourth-order valence-electron chi connectivity index (χ4n) is 2.27. The van der Waals surface area contributed by atoms with E-state index in [0.717, 1.165) is 7.11 Å². The molecule has 0 radical (unpaired) electrons. The zero-order valence-electron chi connectivity index (χ0n) is 12.2.